The van der Waals surface area contributed by atoms with Gasteiger partial charge < -0.3 is 10.3 Å². The molecule has 0 spiro atoms. The molecule has 2 N–H and O–H groups in total. The van der Waals surface area contributed by atoms with Gasteiger partial charge in [0.1, 0.15) is 5.69 Å². The number of aromatic amines is 1. The number of fused-ring (bicyclic) bond motifs is 1. The number of hydrogen-bond acceptors (Lipinski definition) is 1. The lowest BCUT2D eigenvalue weighted by Crippen LogP contribution is -2.24. The molecule has 1 aromatic carbocycles. The topological polar surface area (TPSA) is 44.9 Å². The van der Waals surface area contributed by atoms with E-state index in [4.69, 9.17) is 11.6 Å². The highest BCUT2D eigenvalue weighted by Crippen LogP contribution is 2.14. The second-order valence-electron chi connectivity index (χ2n) is 3.92. The van der Waals surface area contributed by atoms with E-state index in [0.29, 0.717) is 18.1 Å². The van der Waals surface area contributed by atoms with Crippen LogP contribution in [0, 0.1) is 0 Å². The number of rotatable bonds is 5. The standard InChI is InChI=1S/C13H15ClN2O/c14-7-3-4-8-15-13(17)12-9-10-5-1-2-6-11(10)16-12/h1-2,5-6,9,16H,3-4,7-8H2,(H,15,17). The number of benzene rings is 1. The van der Waals surface area contributed by atoms with Crippen molar-refractivity contribution in [3.05, 3.63) is 36.0 Å². The van der Waals surface area contributed by atoms with Crippen molar-refractivity contribution in [2.24, 2.45) is 0 Å². The number of para-hydroxylation sites is 1. The van der Waals surface area contributed by atoms with Gasteiger partial charge in [-0.15, -0.1) is 11.6 Å². The van der Waals surface area contributed by atoms with Crippen molar-refractivity contribution in [1.29, 1.82) is 0 Å². The summed E-state index contributed by atoms with van der Waals surface area (Å²) in [4.78, 5) is 14.9. The molecule has 2 aromatic rings. The minimum atomic E-state index is -0.0595. The molecule has 0 unspecified atom stereocenters. The second kappa shape index (κ2) is 5.73. The first-order valence-corrected chi connectivity index (χ1v) is 6.26. The Labute approximate surface area is 105 Å². The number of amides is 1. The highest BCUT2D eigenvalue weighted by atomic mass is 35.5. The third-order valence-electron chi connectivity index (χ3n) is 2.62. The number of alkyl halides is 1. The van der Waals surface area contributed by atoms with E-state index in [1.165, 1.54) is 0 Å². The van der Waals surface area contributed by atoms with Gasteiger partial charge in [0.15, 0.2) is 0 Å². The Morgan fingerprint density at radius 2 is 2.12 bits per heavy atom. The smallest absolute Gasteiger partial charge is 0.267 e. The van der Waals surface area contributed by atoms with E-state index in [1.807, 2.05) is 30.3 Å². The molecule has 0 aliphatic carbocycles. The number of unbranched alkanes of at least 4 members (excludes halogenated alkanes) is 1. The van der Waals surface area contributed by atoms with Crippen LogP contribution >= 0.6 is 11.6 Å². The van der Waals surface area contributed by atoms with Gasteiger partial charge in [-0.2, -0.15) is 0 Å². The number of hydrogen-bond donors (Lipinski definition) is 2. The number of carbonyl (C=O) groups is 1. The van der Waals surface area contributed by atoms with Gasteiger partial charge in [0.2, 0.25) is 0 Å². The van der Waals surface area contributed by atoms with Gasteiger partial charge in [-0.05, 0) is 25.0 Å². The zero-order valence-corrected chi connectivity index (χ0v) is 10.3. The van der Waals surface area contributed by atoms with Gasteiger partial charge >= 0.3 is 0 Å². The minimum Gasteiger partial charge on any atom is -0.351 e. The van der Waals surface area contributed by atoms with Crippen LogP contribution in [0.2, 0.25) is 0 Å². The molecule has 1 heterocycles. The Kier molecular flexibility index (Phi) is 4.04. The molecule has 0 saturated carbocycles. The minimum absolute atomic E-state index is 0.0595. The fourth-order valence-electron chi connectivity index (χ4n) is 1.71. The fraction of sp³-hybridized carbons (Fsp3) is 0.308. The van der Waals surface area contributed by atoms with Crippen LogP contribution in [0.5, 0.6) is 0 Å². The summed E-state index contributed by atoms with van der Waals surface area (Å²) in [5.41, 5.74) is 1.59. The van der Waals surface area contributed by atoms with Crippen molar-refractivity contribution in [3.63, 3.8) is 0 Å². The quantitative estimate of drug-likeness (QED) is 0.622. The maximum Gasteiger partial charge on any atom is 0.267 e. The van der Waals surface area contributed by atoms with E-state index in [2.05, 4.69) is 10.3 Å². The van der Waals surface area contributed by atoms with Gasteiger partial charge in [0.25, 0.3) is 5.91 Å². The average molecular weight is 251 g/mol. The largest absolute Gasteiger partial charge is 0.351 e. The summed E-state index contributed by atoms with van der Waals surface area (Å²) in [6.45, 7) is 0.668. The number of aromatic nitrogens is 1. The summed E-state index contributed by atoms with van der Waals surface area (Å²) in [6.07, 6.45) is 1.84. The molecule has 0 radical (unpaired) electrons. The summed E-state index contributed by atoms with van der Waals surface area (Å²) < 4.78 is 0. The zero-order chi connectivity index (χ0) is 12.1. The number of H-pyrrole nitrogens is 1. The van der Waals surface area contributed by atoms with Crippen LogP contribution < -0.4 is 5.32 Å². The monoisotopic (exact) mass is 250 g/mol. The summed E-state index contributed by atoms with van der Waals surface area (Å²) >= 11 is 5.57. The Morgan fingerprint density at radius 3 is 2.88 bits per heavy atom. The fourth-order valence-corrected chi connectivity index (χ4v) is 1.90. The summed E-state index contributed by atoms with van der Waals surface area (Å²) in [7, 11) is 0. The molecular formula is C13H15ClN2O. The van der Waals surface area contributed by atoms with Crippen LogP contribution in [0.4, 0.5) is 0 Å². The lowest BCUT2D eigenvalue weighted by Gasteiger charge is -2.01. The summed E-state index contributed by atoms with van der Waals surface area (Å²) in [5.74, 6) is 0.582. The van der Waals surface area contributed by atoms with Crippen LogP contribution in [0.1, 0.15) is 23.3 Å². The number of halogens is 1. The zero-order valence-electron chi connectivity index (χ0n) is 9.50. The molecule has 2 rings (SSSR count). The Bertz CT molecular complexity index is 474. The molecule has 0 aliphatic heterocycles. The van der Waals surface area contributed by atoms with Gasteiger partial charge in [-0.25, -0.2) is 0 Å². The number of nitrogens with one attached hydrogen (secondary N) is 2. The van der Waals surface area contributed by atoms with Crippen LogP contribution in [0.3, 0.4) is 0 Å². The molecule has 1 aromatic heterocycles. The average Bonchev–Trinajstić information content (AvgIpc) is 2.78. The van der Waals surface area contributed by atoms with Crippen LogP contribution in [0.15, 0.2) is 30.3 Å². The molecule has 3 nitrogen and oxygen atoms in total. The molecule has 0 aliphatic rings. The van der Waals surface area contributed by atoms with Gasteiger partial charge in [0.05, 0.1) is 0 Å². The first-order valence-electron chi connectivity index (χ1n) is 5.73. The van der Waals surface area contributed by atoms with Crippen molar-refractivity contribution < 1.29 is 4.79 Å². The lowest BCUT2D eigenvalue weighted by atomic mass is 10.2. The van der Waals surface area contributed by atoms with Crippen molar-refractivity contribution in [2.45, 2.75) is 12.8 Å². The second-order valence-corrected chi connectivity index (χ2v) is 4.30. The van der Waals surface area contributed by atoms with Crippen molar-refractivity contribution in [3.8, 4) is 0 Å². The molecule has 0 fully saturated rings. The first kappa shape index (κ1) is 12.0. The molecule has 90 valence electrons. The van der Waals surface area contributed by atoms with E-state index in [-0.39, 0.29) is 5.91 Å². The normalized spacial score (nSPS) is 10.6. The lowest BCUT2D eigenvalue weighted by molar-refractivity contribution is 0.0949. The van der Waals surface area contributed by atoms with E-state index in [0.717, 1.165) is 23.7 Å². The Morgan fingerprint density at radius 1 is 1.29 bits per heavy atom. The molecule has 1 amide bonds. The van der Waals surface area contributed by atoms with Gasteiger partial charge in [-0.1, -0.05) is 18.2 Å². The van der Waals surface area contributed by atoms with E-state index in [9.17, 15) is 4.79 Å². The molecule has 0 saturated heterocycles. The molecular weight excluding hydrogens is 236 g/mol. The SMILES string of the molecule is O=C(NCCCCCl)c1cc2ccccc2[nH]1. The Hall–Kier alpha value is -1.48. The van der Waals surface area contributed by atoms with Gasteiger partial charge in [0, 0.05) is 23.3 Å². The molecule has 0 bridgehead atoms. The highest BCUT2D eigenvalue weighted by molar-refractivity contribution is 6.17. The highest BCUT2D eigenvalue weighted by Gasteiger charge is 2.07. The predicted octanol–water partition coefficient (Wildman–Crippen LogP) is 2.92. The third kappa shape index (κ3) is 3.01. The summed E-state index contributed by atoms with van der Waals surface area (Å²) in [5, 5.41) is 3.92. The third-order valence-corrected chi connectivity index (χ3v) is 2.89. The van der Waals surface area contributed by atoms with E-state index >= 15 is 0 Å². The van der Waals surface area contributed by atoms with Crippen LogP contribution in [0.25, 0.3) is 10.9 Å². The Balaban J connectivity index is 1.99. The van der Waals surface area contributed by atoms with Crippen molar-refractivity contribution in [1.82, 2.24) is 10.3 Å². The first-order chi connectivity index (χ1) is 8.31. The van der Waals surface area contributed by atoms with Crippen LogP contribution in [-0.4, -0.2) is 23.3 Å². The maximum atomic E-state index is 11.8. The van der Waals surface area contributed by atoms with E-state index < -0.39 is 0 Å². The summed E-state index contributed by atoms with van der Waals surface area (Å²) in [6, 6.07) is 9.71. The molecule has 17 heavy (non-hydrogen) atoms. The van der Waals surface area contributed by atoms with E-state index in [1.54, 1.807) is 0 Å². The number of carbonyl (C=O) groups excluding carboxylic acids is 1. The maximum absolute atomic E-state index is 11.8. The predicted molar refractivity (Wildman–Crippen MR) is 70.6 cm³/mol. The van der Waals surface area contributed by atoms with Gasteiger partial charge in [-0.3, -0.25) is 4.79 Å². The van der Waals surface area contributed by atoms with Crippen molar-refractivity contribution in [2.75, 3.05) is 12.4 Å². The molecule has 4 heteroatoms. The van der Waals surface area contributed by atoms with Crippen molar-refractivity contribution >= 4 is 28.4 Å². The molecule has 0 atom stereocenters. The van der Waals surface area contributed by atoms with Crippen LogP contribution in [-0.2, 0) is 0 Å².